The van der Waals surface area contributed by atoms with Gasteiger partial charge in [-0.15, -0.1) is 0 Å². The normalized spacial score (nSPS) is 13.7. The summed E-state index contributed by atoms with van der Waals surface area (Å²) in [6.45, 7) is 11.0. The summed E-state index contributed by atoms with van der Waals surface area (Å²) in [6, 6.07) is 14.3. The summed E-state index contributed by atoms with van der Waals surface area (Å²) in [6.07, 6.45) is 5.91. The number of nitrogens with zero attached hydrogens (tertiary/aromatic N) is 4. The van der Waals surface area contributed by atoms with Gasteiger partial charge in [-0.3, -0.25) is 9.89 Å². The lowest BCUT2D eigenvalue weighted by atomic mass is 10.1. The second-order valence-corrected chi connectivity index (χ2v) is 9.50. The van der Waals surface area contributed by atoms with Crippen molar-refractivity contribution in [3.05, 3.63) is 59.2 Å². The zero-order chi connectivity index (χ0) is 25.5. The number of methoxy groups -OCH3 is 1. The number of nitrogens with two attached hydrogens (primary N) is 1. The zero-order valence-electron chi connectivity index (χ0n) is 21.5. The number of anilines is 2. The van der Waals surface area contributed by atoms with Gasteiger partial charge in [-0.1, -0.05) is 44.0 Å². The molecule has 3 aromatic rings. The second kappa shape index (κ2) is 12.0. The molecule has 1 aliphatic rings. The number of benzene rings is 2. The van der Waals surface area contributed by atoms with E-state index in [-0.39, 0.29) is 0 Å². The predicted octanol–water partition coefficient (Wildman–Crippen LogP) is 5.73. The maximum Gasteiger partial charge on any atom is 0.337 e. The fourth-order valence-electron chi connectivity index (χ4n) is 4.97. The van der Waals surface area contributed by atoms with Crippen molar-refractivity contribution in [1.29, 1.82) is 0 Å². The largest absolute Gasteiger partial charge is 0.465 e. The number of aliphatic imine (C=N–C) groups is 1. The Labute approximate surface area is 214 Å². The van der Waals surface area contributed by atoms with Gasteiger partial charge in [0.15, 0.2) is 5.82 Å². The first-order chi connectivity index (χ1) is 17.5. The van der Waals surface area contributed by atoms with Gasteiger partial charge in [-0.25, -0.2) is 9.78 Å². The smallest absolute Gasteiger partial charge is 0.337 e. The first-order valence-electron chi connectivity index (χ1n) is 12.9. The van der Waals surface area contributed by atoms with Gasteiger partial charge in [0.25, 0.3) is 0 Å². The van der Waals surface area contributed by atoms with Crippen molar-refractivity contribution in [2.45, 2.75) is 52.1 Å². The van der Waals surface area contributed by atoms with Gasteiger partial charge >= 0.3 is 5.97 Å². The molecule has 0 amide bonds. The minimum atomic E-state index is -0.404. The zero-order valence-corrected chi connectivity index (χ0v) is 21.5. The van der Waals surface area contributed by atoms with E-state index in [9.17, 15) is 4.79 Å². The molecular weight excluding hydrogens is 450 g/mol. The maximum absolute atomic E-state index is 12.1. The quantitative estimate of drug-likeness (QED) is 0.211. The van der Waals surface area contributed by atoms with Crippen LogP contribution in [0.2, 0.25) is 0 Å². The van der Waals surface area contributed by atoms with E-state index in [2.05, 4.69) is 57.7 Å². The molecule has 1 fully saturated rings. The number of fused-ring (bicyclic) bond motifs is 1. The van der Waals surface area contributed by atoms with Crippen LogP contribution in [-0.4, -0.2) is 49.3 Å². The number of unbranched alkanes of at least 4 members (excludes halogenated alkanes) is 2. The van der Waals surface area contributed by atoms with E-state index >= 15 is 0 Å². The van der Waals surface area contributed by atoms with Crippen molar-refractivity contribution < 1.29 is 9.53 Å². The van der Waals surface area contributed by atoms with Gasteiger partial charge in [0.05, 0.1) is 23.9 Å². The standard InChI is InChI=1S/C29H37N5O2/c1-4-5-6-17-34(20-22-11-9-21(10-12-22)19-33-15-7-8-16-33)27-24-14-13-23(29(35)36-3)18-25(24)32-28(30)26(27)31-2/h9-14,18H,2,4-8,15-17,19-20H2,1,3H3,(H2,30,32). The van der Waals surface area contributed by atoms with Crippen molar-refractivity contribution in [2.75, 3.05) is 37.4 Å². The third-order valence-corrected chi connectivity index (χ3v) is 6.89. The highest BCUT2D eigenvalue weighted by Crippen LogP contribution is 2.40. The molecule has 0 bridgehead atoms. The van der Waals surface area contributed by atoms with Crippen LogP contribution in [0.5, 0.6) is 0 Å². The molecule has 36 heavy (non-hydrogen) atoms. The van der Waals surface area contributed by atoms with Crippen LogP contribution in [0.3, 0.4) is 0 Å². The SMILES string of the molecule is C=Nc1c(N)nc2cc(C(=O)OC)ccc2c1N(CCCCC)Cc1ccc(CN2CCCC2)cc1. The molecule has 4 rings (SSSR count). The molecule has 7 nitrogen and oxygen atoms in total. The lowest BCUT2D eigenvalue weighted by Gasteiger charge is -2.28. The van der Waals surface area contributed by atoms with Crippen LogP contribution < -0.4 is 10.6 Å². The van der Waals surface area contributed by atoms with Crippen molar-refractivity contribution >= 4 is 40.8 Å². The summed E-state index contributed by atoms with van der Waals surface area (Å²) in [5.41, 5.74) is 11.5. The number of pyridine rings is 1. The summed E-state index contributed by atoms with van der Waals surface area (Å²) in [7, 11) is 1.37. The molecule has 1 saturated heterocycles. The minimum Gasteiger partial charge on any atom is -0.465 e. The molecule has 0 unspecified atom stereocenters. The first kappa shape index (κ1) is 25.6. The highest BCUT2D eigenvalue weighted by molar-refractivity contribution is 6.04. The number of nitrogen functional groups attached to an aromatic ring is 1. The monoisotopic (exact) mass is 487 g/mol. The van der Waals surface area contributed by atoms with Crippen LogP contribution in [0.4, 0.5) is 17.2 Å². The van der Waals surface area contributed by atoms with Crippen LogP contribution in [0.1, 0.15) is 60.5 Å². The fourth-order valence-corrected chi connectivity index (χ4v) is 4.97. The summed E-state index contributed by atoms with van der Waals surface area (Å²) >= 11 is 0. The Morgan fingerprint density at radius 2 is 1.86 bits per heavy atom. The number of aromatic nitrogens is 1. The van der Waals surface area contributed by atoms with Crippen molar-refractivity contribution in [3.8, 4) is 0 Å². The Bertz CT molecular complexity index is 1200. The number of ether oxygens (including phenoxy) is 1. The van der Waals surface area contributed by atoms with Crippen molar-refractivity contribution in [2.24, 2.45) is 4.99 Å². The molecule has 0 saturated carbocycles. The number of rotatable bonds is 11. The van der Waals surface area contributed by atoms with Gasteiger partial charge in [0.1, 0.15) is 5.69 Å². The van der Waals surface area contributed by atoms with Crippen LogP contribution in [0, 0.1) is 0 Å². The summed E-state index contributed by atoms with van der Waals surface area (Å²) in [5.74, 6) is -0.102. The van der Waals surface area contributed by atoms with Crippen molar-refractivity contribution in [1.82, 2.24) is 9.88 Å². The Morgan fingerprint density at radius 1 is 1.14 bits per heavy atom. The van der Waals surface area contributed by atoms with Gasteiger partial charge in [0.2, 0.25) is 0 Å². The number of likely N-dealkylation sites (tertiary alicyclic amines) is 1. The van der Waals surface area contributed by atoms with E-state index in [0.717, 1.165) is 43.4 Å². The van der Waals surface area contributed by atoms with Crippen LogP contribution in [0.25, 0.3) is 10.9 Å². The van der Waals surface area contributed by atoms with Crippen molar-refractivity contribution in [3.63, 3.8) is 0 Å². The number of hydrogen-bond donors (Lipinski definition) is 1. The van der Waals surface area contributed by atoms with Crippen LogP contribution in [0.15, 0.2) is 47.5 Å². The molecule has 0 atom stereocenters. The number of hydrogen-bond acceptors (Lipinski definition) is 7. The number of carbonyl (C=O) groups excluding carboxylic acids is 1. The minimum absolute atomic E-state index is 0.302. The van der Waals surface area contributed by atoms with E-state index in [4.69, 9.17) is 10.5 Å². The third kappa shape index (κ3) is 5.85. The summed E-state index contributed by atoms with van der Waals surface area (Å²) in [5, 5.41) is 0.890. The number of carbonyl (C=O) groups is 1. The van der Waals surface area contributed by atoms with E-state index < -0.39 is 5.97 Å². The topological polar surface area (TPSA) is 84.0 Å². The lowest BCUT2D eigenvalue weighted by Crippen LogP contribution is -2.25. The predicted molar refractivity (Wildman–Crippen MR) is 148 cm³/mol. The van der Waals surface area contributed by atoms with E-state index in [1.165, 1.54) is 44.2 Å². The van der Waals surface area contributed by atoms with Gasteiger partial charge in [-0.05, 0) is 68.4 Å². The van der Waals surface area contributed by atoms with Crippen LogP contribution >= 0.6 is 0 Å². The van der Waals surface area contributed by atoms with Gasteiger partial charge in [-0.2, -0.15) is 0 Å². The van der Waals surface area contributed by atoms with Gasteiger partial charge in [0, 0.05) is 25.0 Å². The molecule has 2 aromatic carbocycles. The molecule has 1 aromatic heterocycles. The molecule has 2 heterocycles. The molecule has 0 radical (unpaired) electrons. The summed E-state index contributed by atoms with van der Waals surface area (Å²) < 4.78 is 4.89. The molecule has 2 N–H and O–H groups in total. The van der Waals surface area contributed by atoms with Crippen LogP contribution in [-0.2, 0) is 17.8 Å². The van der Waals surface area contributed by atoms with E-state index in [1.807, 2.05) is 6.07 Å². The highest BCUT2D eigenvalue weighted by atomic mass is 16.5. The molecular formula is C29H37N5O2. The average molecular weight is 488 g/mol. The van der Waals surface area contributed by atoms with Gasteiger partial charge < -0.3 is 15.4 Å². The molecule has 0 spiro atoms. The Hall–Kier alpha value is -3.45. The Kier molecular flexibility index (Phi) is 8.54. The van der Waals surface area contributed by atoms with E-state index in [1.54, 1.807) is 12.1 Å². The highest BCUT2D eigenvalue weighted by Gasteiger charge is 2.20. The molecule has 0 aliphatic carbocycles. The lowest BCUT2D eigenvalue weighted by molar-refractivity contribution is 0.0601. The first-order valence-corrected chi connectivity index (χ1v) is 12.9. The fraction of sp³-hybridized carbons (Fsp3) is 0.414. The molecule has 1 aliphatic heterocycles. The summed E-state index contributed by atoms with van der Waals surface area (Å²) in [4.78, 5) is 25.8. The maximum atomic E-state index is 12.1. The Morgan fingerprint density at radius 3 is 2.53 bits per heavy atom. The second-order valence-electron chi connectivity index (χ2n) is 9.50. The van der Waals surface area contributed by atoms with E-state index in [0.29, 0.717) is 29.1 Å². The molecule has 190 valence electrons. The average Bonchev–Trinajstić information content (AvgIpc) is 3.40. The Balaban J connectivity index is 1.69. The molecule has 7 heteroatoms. The number of esters is 1. The third-order valence-electron chi connectivity index (χ3n) is 6.89.